The molecule has 1 unspecified atom stereocenters. The number of aromatic amines is 1. The van der Waals surface area contributed by atoms with Crippen LogP contribution < -0.4 is 25.4 Å². The van der Waals surface area contributed by atoms with Crippen LogP contribution in [0, 0.1) is 6.92 Å². The molecule has 0 radical (unpaired) electrons. The molecule has 0 spiro atoms. The van der Waals surface area contributed by atoms with Crippen molar-refractivity contribution >= 4 is 22.9 Å². The average Bonchev–Trinajstić information content (AvgIpc) is 3.12. The monoisotopic (exact) mass is 497 g/mol. The van der Waals surface area contributed by atoms with E-state index in [4.69, 9.17) is 19.2 Å². The predicted octanol–water partition coefficient (Wildman–Crippen LogP) is 3.59. The highest BCUT2D eigenvalue weighted by atomic mass is 16.6. The van der Waals surface area contributed by atoms with Crippen molar-refractivity contribution in [1.29, 1.82) is 0 Å². The molecule has 1 aromatic carbocycles. The molecule has 0 bridgehead atoms. The largest absolute Gasteiger partial charge is 0.497 e. The summed E-state index contributed by atoms with van der Waals surface area (Å²) >= 11 is 0. The Hall–Kier alpha value is -3.69. The maximum Gasteiger partial charge on any atom is 0.407 e. The molecule has 1 atom stereocenters. The van der Waals surface area contributed by atoms with E-state index in [0.29, 0.717) is 35.8 Å². The lowest BCUT2D eigenvalue weighted by Crippen LogP contribution is -2.49. The highest BCUT2D eigenvalue weighted by molar-refractivity contribution is 5.87. The zero-order valence-corrected chi connectivity index (χ0v) is 21.8. The number of alkyl carbamates (subject to hydrolysis) is 1. The summed E-state index contributed by atoms with van der Waals surface area (Å²) in [5, 5.41) is 2.99. The molecule has 1 amide bonds. The molecule has 3 heterocycles. The second-order valence-corrected chi connectivity index (χ2v) is 10.1. The number of methoxy groups -OCH3 is 2. The van der Waals surface area contributed by atoms with Gasteiger partial charge in [0.05, 0.1) is 26.5 Å². The average molecular weight is 498 g/mol. The summed E-state index contributed by atoms with van der Waals surface area (Å²) in [6.45, 7) is 9.17. The van der Waals surface area contributed by atoms with Crippen LogP contribution in [0.2, 0.25) is 0 Å². The van der Waals surface area contributed by atoms with Crippen LogP contribution in [0.5, 0.6) is 11.5 Å². The molecule has 10 nitrogen and oxygen atoms in total. The number of anilines is 1. The first-order chi connectivity index (χ1) is 17.1. The maximum atomic E-state index is 13.1. The number of piperidine rings is 1. The molecule has 1 saturated heterocycles. The standard InChI is InChI=1S/C26H35N5O5/c1-16-12-20(30-11-7-8-18(15-30)28-25(33)36-26(2,3)4)22-23(27-16)31(24(32)29-22)14-17-9-10-19(34-5)13-21(17)35-6/h9-10,12-13,18H,7-8,11,14-15H2,1-6H3,(H,28,33)(H,29,32). The summed E-state index contributed by atoms with van der Waals surface area (Å²) < 4.78 is 17.9. The highest BCUT2D eigenvalue weighted by Gasteiger charge is 2.26. The predicted molar refractivity (Wildman–Crippen MR) is 138 cm³/mol. The van der Waals surface area contributed by atoms with E-state index >= 15 is 0 Å². The van der Waals surface area contributed by atoms with Gasteiger partial charge in [0.2, 0.25) is 0 Å². The smallest absolute Gasteiger partial charge is 0.407 e. The molecular weight excluding hydrogens is 462 g/mol. The molecule has 10 heteroatoms. The first-order valence-electron chi connectivity index (χ1n) is 12.1. The third-order valence-electron chi connectivity index (χ3n) is 6.15. The van der Waals surface area contributed by atoms with Crippen molar-refractivity contribution < 1.29 is 19.0 Å². The van der Waals surface area contributed by atoms with Gasteiger partial charge in [0, 0.05) is 36.5 Å². The number of amides is 1. The summed E-state index contributed by atoms with van der Waals surface area (Å²) in [5.74, 6) is 1.31. The Balaban J connectivity index is 1.63. The van der Waals surface area contributed by atoms with Crippen LogP contribution in [0.4, 0.5) is 10.5 Å². The second kappa shape index (κ2) is 10.1. The summed E-state index contributed by atoms with van der Waals surface area (Å²) in [4.78, 5) is 35.3. The molecule has 0 saturated carbocycles. The normalized spacial score (nSPS) is 16.2. The number of hydrogen-bond donors (Lipinski definition) is 2. The van der Waals surface area contributed by atoms with E-state index in [1.807, 2.05) is 45.9 Å². The lowest BCUT2D eigenvalue weighted by molar-refractivity contribution is 0.0500. The van der Waals surface area contributed by atoms with Crippen LogP contribution in [-0.2, 0) is 11.3 Å². The fraction of sp³-hybridized carbons (Fsp3) is 0.500. The number of aromatic nitrogens is 3. The number of H-pyrrole nitrogens is 1. The van der Waals surface area contributed by atoms with Crippen LogP contribution in [0.1, 0.15) is 44.9 Å². The number of nitrogens with one attached hydrogen (secondary N) is 2. The Bertz CT molecular complexity index is 1310. The van der Waals surface area contributed by atoms with Gasteiger partial charge in [0.15, 0.2) is 5.65 Å². The van der Waals surface area contributed by atoms with Gasteiger partial charge in [-0.3, -0.25) is 4.57 Å². The van der Waals surface area contributed by atoms with Crippen LogP contribution in [-0.4, -0.2) is 59.6 Å². The lowest BCUT2D eigenvalue weighted by atomic mass is 10.0. The zero-order valence-electron chi connectivity index (χ0n) is 21.8. The third-order valence-corrected chi connectivity index (χ3v) is 6.15. The van der Waals surface area contributed by atoms with Gasteiger partial charge < -0.3 is 29.4 Å². The number of imidazole rings is 1. The number of nitrogens with zero attached hydrogens (tertiary/aromatic N) is 3. The number of aryl methyl sites for hydroxylation is 1. The quantitative estimate of drug-likeness (QED) is 0.535. The summed E-state index contributed by atoms with van der Waals surface area (Å²) in [5.41, 5.74) is 2.99. The Kier molecular flexibility index (Phi) is 7.14. The van der Waals surface area contributed by atoms with E-state index in [0.717, 1.165) is 36.3 Å². The van der Waals surface area contributed by atoms with Crippen molar-refractivity contribution in [2.24, 2.45) is 0 Å². The number of carbonyl (C=O) groups is 1. The van der Waals surface area contributed by atoms with Gasteiger partial charge in [-0.25, -0.2) is 14.6 Å². The summed E-state index contributed by atoms with van der Waals surface area (Å²) in [7, 11) is 3.19. The van der Waals surface area contributed by atoms with Gasteiger partial charge in [-0.15, -0.1) is 0 Å². The number of fused-ring (bicyclic) bond motifs is 1. The van der Waals surface area contributed by atoms with E-state index in [1.165, 1.54) is 0 Å². The molecule has 0 aliphatic carbocycles. The first-order valence-corrected chi connectivity index (χ1v) is 12.1. The van der Waals surface area contributed by atoms with Gasteiger partial charge >= 0.3 is 11.8 Å². The number of ether oxygens (including phenoxy) is 3. The molecule has 1 aliphatic heterocycles. The SMILES string of the molecule is COc1ccc(Cn2c(=O)[nH]c3c(N4CCCC(NC(=O)OC(C)(C)C)C4)cc(C)nc32)c(OC)c1. The van der Waals surface area contributed by atoms with E-state index in [1.54, 1.807) is 24.9 Å². The van der Waals surface area contributed by atoms with E-state index in [-0.39, 0.29) is 11.7 Å². The molecule has 36 heavy (non-hydrogen) atoms. The summed E-state index contributed by atoms with van der Waals surface area (Å²) in [6.07, 6.45) is 1.34. The summed E-state index contributed by atoms with van der Waals surface area (Å²) in [6, 6.07) is 7.44. The number of hydrogen-bond acceptors (Lipinski definition) is 7. The van der Waals surface area contributed by atoms with Gasteiger partial charge in [-0.2, -0.15) is 0 Å². The van der Waals surface area contributed by atoms with E-state index in [9.17, 15) is 9.59 Å². The van der Waals surface area contributed by atoms with Crippen molar-refractivity contribution in [3.8, 4) is 11.5 Å². The number of benzene rings is 1. The van der Waals surface area contributed by atoms with Crippen LogP contribution >= 0.6 is 0 Å². The second-order valence-electron chi connectivity index (χ2n) is 10.1. The number of pyridine rings is 1. The van der Waals surface area contributed by atoms with E-state index < -0.39 is 11.7 Å². The van der Waals surface area contributed by atoms with Crippen LogP contribution in [0.3, 0.4) is 0 Å². The molecular formula is C26H35N5O5. The molecule has 4 rings (SSSR count). The van der Waals surface area contributed by atoms with Gasteiger partial charge in [-0.05, 0) is 58.7 Å². The Labute approximate surface area is 210 Å². The topological polar surface area (TPSA) is 111 Å². The fourth-order valence-corrected chi connectivity index (χ4v) is 4.56. The van der Waals surface area contributed by atoms with Crippen molar-refractivity contribution in [2.45, 2.75) is 58.7 Å². The minimum atomic E-state index is -0.554. The maximum absolute atomic E-state index is 13.1. The Morgan fingerprint density at radius 1 is 1.22 bits per heavy atom. The third kappa shape index (κ3) is 5.58. The van der Waals surface area contributed by atoms with E-state index in [2.05, 4.69) is 15.2 Å². The lowest BCUT2D eigenvalue weighted by Gasteiger charge is -2.35. The van der Waals surface area contributed by atoms with Crippen molar-refractivity contribution in [3.05, 3.63) is 46.0 Å². The molecule has 1 aliphatic rings. The molecule has 194 valence electrons. The van der Waals surface area contributed by atoms with Crippen LogP contribution in [0.15, 0.2) is 29.1 Å². The molecule has 2 N–H and O–H groups in total. The fourth-order valence-electron chi connectivity index (χ4n) is 4.56. The minimum absolute atomic E-state index is 0.0607. The zero-order chi connectivity index (χ0) is 26.0. The van der Waals surface area contributed by atoms with Crippen molar-refractivity contribution in [3.63, 3.8) is 0 Å². The Morgan fingerprint density at radius 2 is 2.00 bits per heavy atom. The van der Waals surface area contributed by atoms with Crippen LogP contribution in [0.25, 0.3) is 11.2 Å². The molecule has 2 aromatic heterocycles. The number of carbonyl (C=O) groups excluding carboxylic acids is 1. The van der Waals surface area contributed by atoms with Gasteiger partial charge in [-0.1, -0.05) is 0 Å². The van der Waals surface area contributed by atoms with Gasteiger partial charge in [0.1, 0.15) is 22.6 Å². The Morgan fingerprint density at radius 3 is 2.69 bits per heavy atom. The molecule has 3 aromatic rings. The highest BCUT2D eigenvalue weighted by Crippen LogP contribution is 2.29. The number of rotatable bonds is 6. The first kappa shape index (κ1) is 25.4. The molecule has 1 fully saturated rings. The minimum Gasteiger partial charge on any atom is -0.497 e. The van der Waals surface area contributed by atoms with Gasteiger partial charge in [0.25, 0.3) is 0 Å². The van der Waals surface area contributed by atoms with Crippen molar-refractivity contribution in [2.75, 3.05) is 32.2 Å². The van der Waals surface area contributed by atoms with Crippen molar-refractivity contribution in [1.82, 2.24) is 19.9 Å².